The first kappa shape index (κ1) is 11.6. The number of carbonyl (C=O) groups excluding carboxylic acids is 1. The number of benzene rings is 1. The zero-order valence-corrected chi connectivity index (χ0v) is 10.6. The van der Waals surface area contributed by atoms with E-state index in [2.05, 4.69) is 16.3 Å². The maximum Gasteiger partial charge on any atom is 0.227 e. The molecule has 0 radical (unpaired) electrons. The highest BCUT2D eigenvalue weighted by Gasteiger charge is 2.21. The predicted octanol–water partition coefficient (Wildman–Crippen LogP) is 1.63. The molecule has 1 amide bonds. The lowest BCUT2D eigenvalue weighted by Crippen LogP contribution is -2.30. The third kappa shape index (κ3) is 2.03. The van der Waals surface area contributed by atoms with Crippen LogP contribution in [0.3, 0.4) is 0 Å². The molecule has 2 heterocycles. The molecule has 0 aliphatic carbocycles. The van der Waals surface area contributed by atoms with Crippen LogP contribution in [0.5, 0.6) is 0 Å². The van der Waals surface area contributed by atoms with E-state index in [-0.39, 0.29) is 5.91 Å². The lowest BCUT2D eigenvalue weighted by atomic mass is 9.98. The van der Waals surface area contributed by atoms with E-state index in [1.165, 1.54) is 5.56 Å². The molecule has 0 saturated heterocycles. The third-order valence-electron chi connectivity index (χ3n) is 3.40. The van der Waals surface area contributed by atoms with Crippen LogP contribution in [0.25, 0.3) is 11.3 Å². The van der Waals surface area contributed by atoms with Gasteiger partial charge in [0.15, 0.2) is 0 Å². The summed E-state index contributed by atoms with van der Waals surface area (Å²) in [5.41, 5.74) is 9.45. The lowest BCUT2D eigenvalue weighted by Gasteiger charge is -2.26. The second-order valence-corrected chi connectivity index (χ2v) is 4.64. The molecule has 5 heteroatoms. The monoisotopic (exact) mass is 254 g/mol. The van der Waals surface area contributed by atoms with Crippen molar-refractivity contribution in [3.63, 3.8) is 0 Å². The zero-order chi connectivity index (χ0) is 13.4. The molecular weight excluding hydrogens is 240 g/mol. The first-order chi connectivity index (χ1) is 9.15. The molecule has 2 aromatic rings. The quantitative estimate of drug-likeness (QED) is 0.839. The fraction of sp³-hybridized carbons (Fsp3) is 0.214. The van der Waals surface area contributed by atoms with Gasteiger partial charge < -0.3 is 10.6 Å². The highest BCUT2D eigenvalue weighted by Crippen LogP contribution is 2.30. The van der Waals surface area contributed by atoms with Gasteiger partial charge in [-0.05, 0) is 36.2 Å². The molecule has 19 heavy (non-hydrogen) atoms. The van der Waals surface area contributed by atoms with Gasteiger partial charge in [0.25, 0.3) is 0 Å². The van der Waals surface area contributed by atoms with Gasteiger partial charge in [-0.3, -0.25) is 4.79 Å². The number of hydrogen-bond donors (Lipinski definition) is 1. The van der Waals surface area contributed by atoms with Crippen molar-refractivity contribution in [1.82, 2.24) is 10.2 Å². The van der Waals surface area contributed by atoms with Crippen molar-refractivity contribution in [2.45, 2.75) is 12.8 Å². The van der Waals surface area contributed by atoms with Crippen LogP contribution >= 0.6 is 0 Å². The molecule has 1 aromatic heterocycles. The van der Waals surface area contributed by atoms with Crippen LogP contribution in [0.4, 0.5) is 11.5 Å². The molecule has 1 aliphatic heterocycles. The first-order valence-corrected chi connectivity index (χ1v) is 6.14. The van der Waals surface area contributed by atoms with E-state index in [0.717, 1.165) is 23.4 Å². The number of fused-ring (bicyclic) bond motifs is 1. The molecule has 0 bridgehead atoms. The number of nitrogens with two attached hydrogens (primary N) is 1. The Morgan fingerprint density at radius 2 is 2.00 bits per heavy atom. The highest BCUT2D eigenvalue weighted by atomic mass is 16.2. The summed E-state index contributed by atoms with van der Waals surface area (Å²) in [7, 11) is 1.81. The second-order valence-electron chi connectivity index (χ2n) is 4.64. The van der Waals surface area contributed by atoms with Crippen molar-refractivity contribution < 1.29 is 4.79 Å². The molecule has 0 atom stereocenters. The largest absolute Gasteiger partial charge is 0.382 e. The number of aromatic nitrogens is 2. The molecular formula is C14H14N4O. The molecule has 0 unspecified atom stereocenters. The molecule has 0 fully saturated rings. The van der Waals surface area contributed by atoms with Crippen LogP contribution in [-0.4, -0.2) is 23.2 Å². The van der Waals surface area contributed by atoms with Gasteiger partial charge in [-0.1, -0.05) is 6.07 Å². The number of aryl methyl sites for hydroxylation is 1. The van der Waals surface area contributed by atoms with Gasteiger partial charge in [0.05, 0.1) is 5.69 Å². The smallest absolute Gasteiger partial charge is 0.227 e. The van der Waals surface area contributed by atoms with Crippen molar-refractivity contribution in [2.24, 2.45) is 0 Å². The van der Waals surface area contributed by atoms with Gasteiger partial charge in [-0.2, -0.15) is 0 Å². The van der Waals surface area contributed by atoms with E-state index in [1.54, 1.807) is 11.0 Å². The number of nitrogen functional groups attached to an aromatic ring is 1. The number of carbonyl (C=O) groups is 1. The third-order valence-corrected chi connectivity index (χ3v) is 3.40. The minimum absolute atomic E-state index is 0.160. The molecule has 5 nitrogen and oxygen atoms in total. The van der Waals surface area contributed by atoms with Crippen molar-refractivity contribution in [3.8, 4) is 11.3 Å². The van der Waals surface area contributed by atoms with Crippen molar-refractivity contribution in [1.29, 1.82) is 0 Å². The van der Waals surface area contributed by atoms with Crippen LogP contribution in [-0.2, 0) is 11.2 Å². The van der Waals surface area contributed by atoms with Gasteiger partial charge in [0, 0.05) is 24.7 Å². The van der Waals surface area contributed by atoms with E-state index in [1.807, 2.05) is 25.2 Å². The van der Waals surface area contributed by atoms with Crippen molar-refractivity contribution >= 4 is 17.4 Å². The van der Waals surface area contributed by atoms with Gasteiger partial charge >= 0.3 is 0 Å². The minimum atomic E-state index is 0.160. The Balaban J connectivity index is 2.02. The van der Waals surface area contributed by atoms with Crippen molar-refractivity contribution in [3.05, 3.63) is 35.9 Å². The Kier molecular flexibility index (Phi) is 2.67. The number of amides is 1. The molecule has 0 saturated carbocycles. The fourth-order valence-corrected chi connectivity index (χ4v) is 2.31. The van der Waals surface area contributed by atoms with Gasteiger partial charge in [-0.15, -0.1) is 10.2 Å². The molecule has 2 N–H and O–H groups in total. The molecule has 0 spiro atoms. The Labute approximate surface area is 111 Å². The molecule has 96 valence electrons. The van der Waals surface area contributed by atoms with Crippen LogP contribution in [0.15, 0.2) is 30.3 Å². The summed E-state index contributed by atoms with van der Waals surface area (Å²) < 4.78 is 0. The molecule has 1 aromatic carbocycles. The molecule has 1 aliphatic rings. The Morgan fingerprint density at radius 1 is 1.16 bits per heavy atom. The van der Waals surface area contributed by atoms with Crippen LogP contribution < -0.4 is 10.6 Å². The molecule has 3 rings (SSSR count). The average molecular weight is 254 g/mol. The zero-order valence-electron chi connectivity index (χ0n) is 10.6. The lowest BCUT2D eigenvalue weighted by molar-refractivity contribution is -0.118. The van der Waals surface area contributed by atoms with Crippen LogP contribution in [0.2, 0.25) is 0 Å². The van der Waals surface area contributed by atoms with E-state index < -0.39 is 0 Å². The van der Waals surface area contributed by atoms with Crippen LogP contribution in [0.1, 0.15) is 12.0 Å². The summed E-state index contributed by atoms with van der Waals surface area (Å²) in [5.74, 6) is 0.569. The maximum atomic E-state index is 11.6. The Hall–Kier alpha value is -2.43. The van der Waals surface area contributed by atoms with Gasteiger partial charge in [0.2, 0.25) is 5.91 Å². The van der Waals surface area contributed by atoms with Gasteiger partial charge in [-0.25, -0.2) is 0 Å². The number of rotatable bonds is 1. The average Bonchev–Trinajstić information content (AvgIpc) is 2.43. The summed E-state index contributed by atoms with van der Waals surface area (Å²) in [6, 6.07) is 9.56. The highest BCUT2D eigenvalue weighted by molar-refractivity contribution is 5.96. The standard InChI is InChI=1S/C14H14N4O/c1-18-12-5-2-9(8-10(12)3-7-14(18)19)11-4-6-13(15)17-16-11/h2,4-6,8H,3,7H2,1H3,(H2,15,17). The number of nitrogens with zero attached hydrogens (tertiary/aromatic N) is 3. The summed E-state index contributed by atoms with van der Waals surface area (Å²) in [5, 5.41) is 7.93. The Morgan fingerprint density at radius 3 is 2.74 bits per heavy atom. The van der Waals surface area contributed by atoms with E-state index in [4.69, 9.17) is 5.73 Å². The summed E-state index contributed by atoms with van der Waals surface area (Å²) in [6.07, 6.45) is 1.33. The topological polar surface area (TPSA) is 72.1 Å². The minimum Gasteiger partial charge on any atom is -0.382 e. The number of hydrogen-bond acceptors (Lipinski definition) is 4. The normalized spacial score (nSPS) is 14.4. The predicted molar refractivity (Wildman–Crippen MR) is 73.6 cm³/mol. The SMILES string of the molecule is CN1C(=O)CCc2cc(-c3ccc(N)nn3)ccc21. The van der Waals surface area contributed by atoms with Crippen LogP contribution in [0, 0.1) is 0 Å². The fourth-order valence-electron chi connectivity index (χ4n) is 2.31. The van der Waals surface area contributed by atoms with Gasteiger partial charge in [0.1, 0.15) is 5.82 Å². The van der Waals surface area contributed by atoms with Crippen molar-refractivity contribution in [2.75, 3.05) is 17.7 Å². The van der Waals surface area contributed by atoms with E-state index >= 15 is 0 Å². The first-order valence-electron chi connectivity index (χ1n) is 6.14. The van der Waals surface area contributed by atoms with E-state index in [9.17, 15) is 4.79 Å². The second kappa shape index (κ2) is 4.35. The number of anilines is 2. The maximum absolute atomic E-state index is 11.6. The summed E-state index contributed by atoms with van der Waals surface area (Å²) in [4.78, 5) is 13.3. The summed E-state index contributed by atoms with van der Waals surface area (Å²) >= 11 is 0. The Bertz CT molecular complexity index is 636. The van der Waals surface area contributed by atoms with E-state index in [0.29, 0.717) is 12.2 Å². The summed E-state index contributed by atoms with van der Waals surface area (Å²) in [6.45, 7) is 0.